The Morgan fingerprint density at radius 2 is 1.88 bits per heavy atom. The van der Waals surface area contributed by atoms with Gasteiger partial charge in [0.1, 0.15) is 16.8 Å². The fourth-order valence-electron chi connectivity index (χ4n) is 3.34. The molecule has 0 saturated heterocycles. The van der Waals surface area contributed by atoms with Crippen molar-refractivity contribution in [3.8, 4) is 11.4 Å². The number of hydrogen-bond donors (Lipinski definition) is 1. The third kappa shape index (κ3) is 6.76. The number of hydrogen-bond acceptors (Lipinski definition) is 8. The largest absolute Gasteiger partial charge is 1.00 e. The SMILES string of the molecule is FC(F)Oc1cn[c-]nc1.O=c1c2sccc2ncn1-c1ccc(NC2CCCC2)nc1.[Na+]. The maximum atomic E-state index is 12.4. The van der Waals surface area contributed by atoms with Gasteiger partial charge in [0.25, 0.3) is 5.56 Å². The van der Waals surface area contributed by atoms with Crippen LogP contribution in [0.15, 0.2) is 53.3 Å². The molecule has 0 amide bonds. The van der Waals surface area contributed by atoms with Gasteiger partial charge in [-0.1, -0.05) is 12.8 Å². The number of halogens is 2. The van der Waals surface area contributed by atoms with Crippen molar-refractivity contribution in [3.63, 3.8) is 0 Å². The summed E-state index contributed by atoms with van der Waals surface area (Å²) in [6.07, 6.45) is 12.7. The number of fused-ring (bicyclic) bond motifs is 1. The molecule has 0 aliphatic heterocycles. The van der Waals surface area contributed by atoms with Gasteiger partial charge in [-0.2, -0.15) is 8.78 Å². The summed E-state index contributed by atoms with van der Waals surface area (Å²) in [6, 6.07) is 6.23. The van der Waals surface area contributed by atoms with Gasteiger partial charge in [0.05, 0.1) is 23.2 Å². The van der Waals surface area contributed by atoms with Crippen LogP contribution >= 0.6 is 11.3 Å². The van der Waals surface area contributed by atoms with Crippen LogP contribution in [0.3, 0.4) is 0 Å². The molecule has 4 aromatic heterocycles. The monoisotopic (exact) mass is 480 g/mol. The Morgan fingerprint density at radius 1 is 1.12 bits per heavy atom. The molecule has 1 N–H and O–H groups in total. The van der Waals surface area contributed by atoms with Crippen LogP contribution in [0, 0.1) is 6.33 Å². The molecule has 33 heavy (non-hydrogen) atoms. The average Bonchev–Trinajstić information content (AvgIpc) is 3.48. The van der Waals surface area contributed by atoms with Crippen LogP contribution in [-0.2, 0) is 0 Å². The van der Waals surface area contributed by atoms with E-state index in [0.29, 0.717) is 10.7 Å². The predicted octanol–water partition coefficient (Wildman–Crippen LogP) is 1.08. The zero-order valence-electron chi connectivity index (χ0n) is 17.8. The van der Waals surface area contributed by atoms with E-state index in [4.69, 9.17) is 0 Å². The van der Waals surface area contributed by atoms with Crippen LogP contribution in [0.1, 0.15) is 25.7 Å². The molecule has 0 atom stereocenters. The van der Waals surface area contributed by atoms with E-state index >= 15 is 0 Å². The normalized spacial score (nSPS) is 13.3. The van der Waals surface area contributed by atoms with E-state index in [-0.39, 0.29) is 40.9 Å². The van der Waals surface area contributed by atoms with Crippen molar-refractivity contribution in [3.05, 3.63) is 65.2 Å². The van der Waals surface area contributed by atoms with Crippen LogP contribution in [0.4, 0.5) is 14.6 Å². The zero-order valence-corrected chi connectivity index (χ0v) is 20.6. The van der Waals surface area contributed by atoms with Crippen LogP contribution in [-0.4, -0.2) is 37.2 Å². The van der Waals surface area contributed by atoms with Gasteiger partial charge in [-0.05, 0) is 48.8 Å². The molecule has 1 aliphatic rings. The van der Waals surface area contributed by atoms with Gasteiger partial charge in [0.15, 0.2) is 0 Å². The molecule has 0 bridgehead atoms. The molecule has 4 aromatic rings. The van der Waals surface area contributed by atoms with E-state index in [0.717, 1.165) is 29.4 Å². The Balaban J connectivity index is 0.000000237. The first kappa shape index (κ1) is 25.2. The molecule has 4 heterocycles. The first-order chi connectivity index (χ1) is 15.6. The van der Waals surface area contributed by atoms with Crippen LogP contribution in [0.5, 0.6) is 5.75 Å². The number of anilines is 1. The number of aromatic nitrogens is 5. The van der Waals surface area contributed by atoms with Crippen molar-refractivity contribution in [2.24, 2.45) is 0 Å². The number of thiophene rings is 1. The van der Waals surface area contributed by atoms with Crippen molar-refractivity contribution in [2.45, 2.75) is 38.3 Å². The van der Waals surface area contributed by atoms with Gasteiger partial charge in [-0.3, -0.25) is 9.36 Å². The van der Waals surface area contributed by atoms with Gasteiger partial charge in [-0.15, -0.1) is 11.3 Å². The number of nitrogens with zero attached hydrogens (tertiary/aromatic N) is 5. The first-order valence-corrected chi connectivity index (χ1v) is 10.8. The minimum Gasteiger partial charge on any atom is -0.458 e. The molecule has 0 spiro atoms. The Kier molecular flexibility index (Phi) is 9.24. The molecule has 1 saturated carbocycles. The minimum absolute atomic E-state index is 0. The maximum absolute atomic E-state index is 12.4. The van der Waals surface area contributed by atoms with Gasteiger partial charge in [-0.25, -0.2) is 9.97 Å². The van der Waals surface area contributed by atoms with E-state index in [9.17, 15) is 13.6 Å². The molecule has 0 unspecified atom stereocenters. The summed E-state index contributed by atoms with van der Waals surface area (Å²) >= 11 is 1.42. The van der Waals surface area contributed by atoms with Gasteiger partial charge in [0.2, 0.25) is 0 Å². The third-order valence-corrected chi connectivity index (χ3v) is 5.72. The van der Waals surface area contributed by atoms with E-state index in [1.807, 2.05) is 23.6 Å². The van der Waals surface area contributed by atoms with Crippen LogP contribution < -0.4 is 45.2 Å². The second kappa shape index (κ2) is 12.1. The van der Waals surface area contributed by atoms with Gasteiger partial charge in [0, 0.05) is 12.4 Å². The predicted molar refractivity (Wildman–Crippen MR) is 116 cm³/mol. The Labute approximate surface area is 214 Å². The van der Waals surface area contributed by atoms with E-state index in [1.165, 1.54) is 37.0 Å². The van der Waals surface area contributed by atoms with Gasteiger partial charge >= 0.3 is 36.2 Å². The van der Waals surface area contributed by atoms with E-state index in [2.05, 4.69) is 36.3 Å². The summed E-state index contributed by atoms with van der Waals surface area (Å²) in [6.45, 7) is -2.83. The molecule has 166 valence electrons. The zero-order chi connectivity index (χ0) is 22.3. The fraction of sp³-hybridized carbons (Fsp3) is 0.286. The van der Waals surface area contributed by atoms with Crippen molar-refractivity contribution < 1.29 is 43.1 Å². The maximum Gasteiger partial charge on any atom is 1.00 e. The van der Waals surface area contributed by atoms with Crippen LogP contribution in [0.2, 0.25) is 0 Å². The summed E-state index contributed by atoms with van der Waals surface area (Å²) < 4.78 is 29.0. The second-order valence-corrected chi connectivity index (χ2v) is 7.90. The van der Waals surface area contributed by atoms with Crippen molar-refractivity contribution in [1.29, 1.82) is 0 Å². The standard InChI is InChI=1S/C16H16N4OS.C5H3F2N2O.Na/c21-16-15-13(7-8-22-15)18-10-20(16)12-5-6-14(17-9-12)19-11-3-1-2-4-11;6-5(7)10-4-1-8-3-9-2-4;/h5-11H,1-4H2,(H,17,19);1-2,5H;/q;-1;+1. The number of rotatable bonds is 5. The minimum atomic E-state index is -2.83. The molecule has 5 rings (SSSR count). The number of alkyl halides is 2. The molecule has 1 aliphatic carbocycles. The summed E-state index contributed by atoms with van der Waals surface area (Å²) in [7, 11) is 0. The smallest absolute Gasteiger partial charge is 0.458 e. The Bertz CT molecular complexity index is 1200. The summed E-state index contributed by atoms with van der Waals surface area (Å²) in [4.78, 5) is 27.9. The second-order valence-electron chi connectivity index (χ2n) is 6.98. The van der Waals surface area contributed by atoms with Crippen molar-refractivity contribution >= 4 is 27.4 Å². The van der Waals surface area contributed by atoms with Crippen molar-refractivity contribution in [2.75, 3.05) is 5.32 Å². The summed E-state index contributed by atoms with van der Waals surface area (Å²) in [5.74, 6) is 0.808. The van der Waals surface area contributed by atoms with Crippen molar-refractivity contribution in [1.82, 2.24) is 24.5 Å². The van der Waals surface area contributed by atoms with Crippen LogP contribution in [0.25, 0.3) is 15.9 Å². The third-order valence-electron chi connectivity index (χ3n) is 4.83. The van der Waals surface area contributed by atoms with E-state index < -0.39 is 6.61 Å². The number of nitrogens with one attached hydrogen (secondary N) is 1. The molecule has 12 heteroatoms. The summed E-state index contributed by atoms with van der Waals surface area (Å²) in [5.41, 5.74) is 1.45. The summed E-state index contributed by atoms with van der Waals surface area (Å²) in [5, 5.41) is 5.33. The molecular weight excluding hydrogens is 461 g/mol. The van der Waals surface area contributed by atoms with E-state index in [1.54, 1.807) is 17.1 Å². The molecule has 8 nitrogen and oxygen atoms in total. The molecular formula is C21H19F2N6NaO2S. The molecule has 0 radical (unpaired) electrons. The molecule has 0 aromatic carbocycles. The first-order valence-electron chi connectivity index (χ1n) is 9.91. The Hall–Kier alpha value is -2.47. The average molecular weight is 480 g/mol. The topological polar surface area (TPSA) is 94.8 Å². The fourth-order valence-corrected chi connectivity index (χ4v) is 4.11. The molecule has 1 fully saturated rings. The quantitative estimate of drug-likeness (QED) is 0.337. The Morgan fingerprint density at radius 3 is 2.55 bits per heavy atom. The number of ether oxygens (including phenoxy) is 1. The van der Waals surface area contributed by atoms with Gasteiger partial charge < -0.3 is 20.0 Å². The number of pyridine rings is 1.